The van der Waals surface area contributed by atoms with Crippen LogP contribution in [-0.4, -0.2) is 29.8 Å². The zero-order valence-corrected chi connectivity index (χ0v) is 12.3. The molecule has 3 nitrogen and oxygen atoms in total. The van der Waals surface area contributed by atoms with E-state index in [1.807, 2.05) is 19.9 Å². The van der Waals surface area contributed by atoms with Crippen molar-refractivity contribution >= 4 is 5.82 Å². The molecular weight excluding hydrogens is 267 g/mol. The number of anilines is 1. The lowest BCUT2D eigenvalue weighted by atomic mass is 10.2. The van der Waals surface area contributed by atoms with Crippen LogP contribution in [0.25, 0.3) is 0 Å². The smallest absolute Gasteiger partial charge is 0.345 e. The predicted molar refractivity (Wildman–Crippen MR) is 74.7 cm³/mol. The van der Waals surface area contributed by atoms with Crippen molar-refractivity contribution in [2.45, 2.75) is 52.5 Å². The van der Waals surface area contributed by atoms with Crippen molar-refractivity contribution in [3.05, 3.63) is 23.9 Å². The first kappa shape index (κ1) is 16.8. The Kier molecular flexibility index (Phi) is 5.80. The number of pyridine rings is 1. The number of aromatic nitrogens is 1. The van der Waals surface area contributed by atoms with E-state index in [2.05, 4.69) is 10.3 Å². The molecule has 114 valence electrons. The van der Waals surface area contributed by atoms with E-state index in [1.54, 1.807) is 19.9 Å². The van der Waals surface area contributed by atoms with Crippen LogP contribution in [0.3, 0.4) is 0 Å². The van der Waals surface area contributed by atoms with Gasteiger partial charge in [-0.1, -0.05) is 19.9 Å². The Bertz CT molecular complexity index is 416. The fourth-order valence-corrected chi connectivity index (χ4v) is 1.84. The third-order valence-corrected chi connectivity index (χ3v) is 2.81. The van der Waals surface area contributed by atoms with Gasteiger partial charge in [-0.3, -0.25) is 0 Å². The lowest BCUT2D eigenvalue weighted by Crippen LogP contribution is -2.40. The van der Waals surface area contributed by atoms with Gasteiger partial charge in [-0.05, 0) is 19.9 Å². The third-order valence-electron chi connectivity index (χ3n) is 2.81. The Morgan fingerprint density at radius 3 is 2.40 bits per heavy atom. The summed E-state index contributed by atoms with van der Waals surface area (Å²) >= 11 is 0. The van der Waals surface area contributed by atoms with E-state index < -0.39 is 12.7 Å². The molecule has 1 aromatic rings. The molecule has 0 bridgehead atoms. The minimum Gasteiger partial charge on any atom is -0.345 e. The van der Waals surface area contributed by atoms with Crippen LogP contribution in [0.4, 0.5) is 19.0 Å². The van der Waals surface area contributed by atoms with E-state index in [-0.39, 0.29) is 12.1 Å². The lowest BCUT2D eigenvalue weighted by Gasteiger charge is -2.30. The SMILES string of the molecule is CC(C)NCc1cccnc1N(CC(F)(F)F)C(C)C. The van der Waals surface area contributed by atoms with Gasteiger partial charge in [-0.25, -0.2) is 4.98 Å². The zero-order valence-electron chi connectivity index (χ0n) is 12.3. The van der Waals surface area contributed by atoms with Gasteiger partial charge in [0, 0.05) is 30.4 Å². The quantitative estimate of drug-likeness (QED) is 0.870. The van der Waals surface area contributed by atoms with E-state index in [0.29, 0.717) is 12.4 Å². The molecule has 1 aromatic heterocycles. The van der Waals surface area contributed by atoms with Gasteiger partial charge in [0.05, 0.1) is 0 Å². The third kappa shape index (κ3) is 5.36. The summed E-state index contributed by atoms with van der Waals surface area (Å²) < 4.78 is 38.1. The van der Waals surface area contributed by atoms with E-state index >= 15 is 0 Å². The molecule has 20 heavy (non-hydrogen) atoms. The maximum atomic E-state index is 12.7. The number of nitrogens with one attached hydrogen (secondary N) is 1. The molecular formula is C14H22F3N3. The molecule has 0 saturated carbocycles. The minimum atomic E-state index is -4.25. The molecule has 0 aliphatic carbocycles. The van der Waals surface area contributed by atoms with E-state index in [4.69, 9.17) is 0 Å². The van der Waals surface area contributed by atoms with Crippen molar-refractivity contribution in [3.8, 4) is 0 Å². The summed E-state index contributed by atoms with van der Waals surface area (Å²) in [6.07, 6.45) is -2.72. The molecule has 1 N–H and O–H groups in total. The molecule has 0 fully saturated rings. The molecule has 6 heteroatoms. The van der Waals surface area contributed by atoms with Gasteiger partial charge in [0.15, 0.2) is 0 Å². The minimum absolute atomic E-state index is 0.262. The first-order chi connectivity index (χ1) is 9.20. The van der Waals surface area contributed by atoms with Crippen molar-refractivity contribution in [1.82, 2.24) is 10.3 Å². The summed E-state index contributed by atoms with van der Waals surface area (Å²) in [6, 6.07) is 3.54. The van der Waals surface area contributed by atoms with Crippen LogP contribution in [0.5, 0.6) is 0 Å². The standard InChI is InChI=1S/C14H22F3N3/c1-10(2)19-8-12-6-5-7-18-13(12)20(11(3)4)9-14(15,16)17/h5-7,10-11,19H,8-9H2,1-4H3. The summed E-state index contributed by atoms with van der Waals surface area (Å²) in [5.74, 6) is 0.396. The first-order valence-corrected chi connectivity index (χ1v) is 6.71. The van der Waals surface area contributed by atoms with Crippen molar-refractivity contribution in [1.29, 1.82) is 0 Å². The zero-order chi connectivity index (χ0) is 15.3. The molecule has 0 unspecified atom stereocenters. The molecule has 0 aliphatic rings. The number of hydrogen-bond acceptors (Lipinski definition) is 3. The van der Waals surface area contributed by atoms with Gasteiger partial charge in [0.1, 0.15) is 12.4 Å². The first-order valence-electron chi connectivity index (χ1n) is 6.71. The molecule has 0 aliphatic heterocycles. The van der Waals surface area contributed by atoms with Crippen molar-refractivity contribution in [2.75, 3.05) is 11.4 Å². The predicted octanol–water partition coefficient (Wildman–Crippen LogP) is 3.36. The Labute approximate surface area is 118 Å². The topological polar surface area (TPSA) is 28.2 Å². The van der Waals surface area contributed by atoms with Gasteiger partial charge < -0.3 is 10.2 Å². The van der Waals surface area contributed by atoms with Crippen molar-refractivity contribution < 1.29 is 13.2 Å². The molecule has 0 saturated heterocycles. The summed E-state index contributed by atoms with van der Waals surface area (Å²) in [7, 11) is 0. The highest BCUT2D eigenvalue weighted by Crippen LogP contribution is 2.25. The second-order valence-electron chi connectivity index (χ2n) is 5.36. The molecule has 0 aromatic carbocycles. The molecule has 0 amide bonds. The molecule has 0 spiro atoms. The Hall–Kier alpha value is -1.30. The number of nitrogens with zero attached hydrogens (tertiary/aromatic N) is 2. The highest BCUT2D eigenvalue weighted by atomic mass is 19.4. The van der Waals surface area contributed by atoms with E-state index in [1.165, 1.54) is 11.1 Å². The van der Waals surface area contributed by atoms with Crippen LogP contribution >= 0.6 is 0 Å². The van der Waals surface area contributed by atoms with Crippen LogP contribution in [0.2, 0.25) is 0 Å². The highest BCUT2D eigenvalue weighted by molar-refractivity contribution is 5.47. The summed E-state index contributed by atoms with van der Waals surface area (Å²) in [4.78, 5) is 5.44. The fourth-order valence-electron chi connectivity index (χ4n) is 1.84. The monoisotopic (exact) mass is 289 g/mol. The van der Waals surface area contributed by atoms with Crippen LogP contribution in [0, 0.1) is 0 Å². The van der Waals surface area contributed by atoms with Gasteiger partial charge in [-0.2, -0.15) is 13.2 Å². The Morgan fingerprint density at radius 2 is 1.90 bits per heavy atom. The van der Waals surface area contributed by atoms with Crippen LogP contribution < -0.4 is 10.2 Å². The van der Waals surface area contributed by atoms with Gasteiger partial charge in [0.25, 0.3) is 0 Å². The number of rotatable bonds is 6. The summed E-state index contributed by atoms with van der Waals surface area (Å²) in [5, 5.41) is 3.21. The lowest BCUT2D eigenvalue weighted by molar-refractivity contribution is -0.120. The second-order valence-corrected chi connectivity index (χ2v) is 5.36. The average molecular weight is 289 g/mol. The molecule has 0 atom stereocenters. The number of halogens is 3. The van der Waals surface area contributed by atoms with Crippen molar-refractivity contribution in [3.63, 3.8) is 0 Å². The van der Waals surface area contributed by atoms with Gasteiger partial charge in [0.2, 0.25) is 0 Å². The van der Waals surface area contributed by atoms with Crippen LogP contribution in [0.15, 0.2) is 18.3 Å². The Balaban J connectivity index is 3.01. The molecule has 1 heterocycles. The normalized spacial score (nSPS) is 12.2. The number of alkyl halides is 3. The van der Waals surface area contributed by atoms with Crippen LogP contribution in [-0.2, 0) is 6.54 Å². The van der Waals surface area contributed by atoms with Crippen molar-refractivity contribution in [2.24, 2.45) is 0 Å². The summed E-state index contributed by atoms with van der Waals surface area (Å²) in [6.45, 7) is 6.97. The second kappa shape index (κ2) is 6.92. The van der Waals surface area contributed by atoms with E-state index in [0.717, 1.165) is 5.56 Å². The van der Waals surface area contributed by atoms with Gasteiger partial charge >= 0.3 is 6.18 Å². The maximum absolute atomic E-state index is 12.7. The van der Waals surface area contributed by atoms with Gasteiger partial charge in [-0.15, -0.1) is 0 Å². The number of hydrogen-bond donors (Lipinski definition) is 1. The van der Waals surface area contributed by atoms with Crippen LogP contribution in [0.1, 0.15) is 33.3 Å². The van der Waals surface area contributed by atoms with E-state index in [9.17, 15) is 13.2 Å². The highest BCUT2D eigenvalue weighted by Gasteiger charge is 2.33. The maximum Gasteiger partial charge on any atom is 0.405 e. The fraction of sp³-hybridized carbons (Fsp3) is 0.643. The average Bonchev–Trinajstić information content (AvgIpc) is 2.32. The Morgan fingerprint density at radius 1 is 1.25 bits per heavy atom. The molecule has 1 rings (SSSR count). The largest absolute Gasteiger partial charge is 0.405 e. The molecule has 0 radical (unpaired) electrons. The summed E-state index contributed by atoms with van der Waals surface area (Å²) in [5.41, 5.74) is 0.777.